The van der Waals surface area contributed by atoms with Crippen molar-refractivity contribution in [2.75, 3.05) is 20.2 Å². The maximum atomic E-state index is 13.5. The summed E-state index contributed by atoms with van der Waals surface area (Å²) in [5.74, 6) is -1.91. The summed E-state index contributed by atoms with van der Waals surface area (Å²) >= 11 is 0. The molecule has 5 atom stereocenters. The van der Waals surface area contributed by atoms with E-state index < -0.39 is 17.9 Å². The Labute approximate surface area is 183 Å². The molecule has 1 aromatic rings. The number of aliphatic hydroxyl groups excluding tert-OH is 1. The van der Waals surface area contributed by atoms with Crippen molar-refractivity contribution in [1.82, 2.24) is 15.5 Å². The van der Waals surface area contributed by atoms with Crippen molar-refractivity contribution >= 4 is 17.7 Å². The number of allylic oxidation sites excluding steroid dienone is 1. The largest absolute Gasteiger partial charge is 0.396 e. The Bertz CT molecular complexity index is 810. The van der Waals surface area contributed by atoms with E-state index in [0.29, 0.717) is 25.9 Å². The minimum Gasteiger partial charge on any atom is -0.396 e. The molecular formula is C24H33N3O4. The first-order valence-corrected chi connectivity index (χ1v) is 11.1. The van der Waals surface area contributed by atoms with Gasteiger partial charge in [0.1, 0.15) is 6.04 Å². The highest BCUT2D eigenvalue weighted by Gasteiger charge is 2.56. The summed E-state index contributed by atoms with van der Waals surface area (Å²) in [6.45, 7) is 2.88. The number of rotatable bonds is 9. The number of nitrogens with zero attached hydrogens (tertiary/aromatic N) is 1. The SMILES string of the molecule is CNC(=O)[C@H]1[C@@H]2C(=O)N(CCCCCO)[C@H](C(=O)NCc3ccccc3)[C@H]2C=C[C@H]1C. The van der Waals surface area contributed by atoms with E-state index in [1.807, 2.05) is 49.4 Å². The van der Waals surface area contributed by atoms with Gasteiger partial charge in [0, 0.05) is 32.7 Å². The highest BCUT2D eigenvalue weighted by molar-refractivity contribution is 5.96. The van der Waals surface area contributed by atoms with Crippen molar-refractivity contribution in [2.24, 2.45) is 23.7 Å². The summed E-state index contributed by atoms with van der Waals surface area (Å²) in [6.07, 6.45) is 6.06. The molecule has 1 saturated heterocycles. The average molecular weight is 428 g/mol. The van der Waals surface area contributed by atoms with Gasteiger partial charge in [0.2, 0.25) is 17.7 Å². The fourth-order valence-corrected chi connectivity index (χ4v) is 4.86. The minimum absolute atomic E-state index is 0.0764. The molecule has 1 heterocycles. The zero-order valence-corrected chi connectivity index (χ0v) is 18.3. The maximum Gasteiger partial charge on any atom is 0.243 e. The number of hydrogen-bond donors (Lipinski definition) is 3. The van der Waals surface area contributed by atoms with Crippen LogP contribution in [-0.4, -0.2) is 54.0 Å². The summed E-state index contributed by atoms with van der Waals surface area (Å²) in [7, 11) is 1.58. The lowest BCUT2D eigenvalue weighted by atomic mass is 9.70. The van der Waals surface area contributed by atoms with Crippen LogP contribution in [0.3, 0.4) is 0 Å². The van der Waals surface area contributed by atoms with Crippen LogP contribution in [-0.2, 0) is 20.9 Å². The lowest BCUT2D eigenvalue weighted by Gasteiger charge is -2.32. The van der Waals surface area contributed by atoms with Gasteiger partial charge in [-0.3, -0.25) is 14.4 Å². The van der Waals surface area contributed by atoms with Crippen molar-refractivity contribution in [1.29, 1.82) is 0 Å². The summed E-state index contributed by atoms with van der Waals surface area (Å²) in [5.41, 5.74) is 0.988. The summed E-state index contributed by atoms with van der Waals surface area (Å²) in [4.78, 5) is 41.0. The molecule has 0 aromatic heterocycles. The number of hydrogen-bond acceptors (Lipinski definition) is 4. The van der Waals surface area contributed by atoms with Gasteiger partial charge in [0.25, 0.3) is 0 Å². The Morgan fingerprint density at radius 3 is 2.48 bits per heavy atom. The van der Waals surface area contributed by atoms with Gasteiger partial charge < -0.3 is 20.6 Å². The third kappa shape index (κ3) is 4.98. The third-order valence-electron chi connectivity index (χ3n) is 6.46. The monoisotopic (exact) mass is 427 g/mol. The molecule has 3 rings (SSSR count). The van der Waals surface area contributed by atoms with Gasteiger partial charge in [-0.25, -0.2) is 0 Å². The van der Waals surface area contributed by atoms with Gasteiger partial charge in [0.05, 0.1) is 11.8 Å². The first-order valence-electron chi connectivity index (χ1n) is 11.1. The van der Waals surface area contributed by atoms with E-state index in [1.165, 1.54) is 0 Å². The van der Waals surface area contributed by atoms with Gasteiger partial charge in [-0.05, 0) is 30.7 Å². The predicted octanol–water partition coefficient (Wildman–Crippen LogP) is 1.48. The van der Waals surface area contributed by atoms with E-state index in [0.717, 1.165) is 12.0 Å². The van der Waals surface area contributed by atoms with Gasteiger partial charge in [-0.1, -0.05) is 49.4 Å². The van der Waals surface area contributed by atoms with Crippen molar-refractivity contribution < 1.29 is 19.5 Å². The average Bonchev–Trinajstić information content (AvgIpc) is 3.07. The molecule has 2 aliphatic rings. The van der Waals surface area contributed by atoms with Crippen LogP contribution in [0, 0.1) is 23.7 Å². The molecule has 0 spiro atoms. The molecular weight excluding hydrogens is 394 g/mol. The van der Waals surface area contributed by atoms with E-state index in [1.54, 1.807) is 11.9 Å². The van der Waals surface area contributed by atoms with Gasteiger partial charge in [0.15, 0.2) is 0 Å². The Morgan fingerprint density at radius 1 is 1.06 bits per heavy atom. The molecule has 1 fully saturated rings. The van der Waals surface area contributed by atoms with E-state index in [-0.39, 0.29) is 36.2 Å². The first kappa shape index (κ1) is 23.0. The second-order valence-electron chi connectivity index (χ2n) is 8.45. The zero-order chi connectivity index (χ0) is 22.4. The van der Waals surface area contributed by atoms with Crippen molar-refractivity contribution in [2.45, 2.75) is 38.8 Å². The number of fused-ring (bicyclic) bond motifs is 1. The highest BCUT2D eigenvalue weighted by Crippen LogP contribution is 2.44. The topological polar surface area (TPSA) is 98.7 Å². The molecule has 0 unspecified atom stereocenters. The number of nitrogens with one attached hydrogen (secondary N) is 2. The quantitative estimate of drug-likeness (QED) is 0.411. The second-order valence-corrected chi connectivity index (χ2v) is 8.45. The number of unbranched alkanes of at least 4 members (excludes halogenated alkanes) is 2. The van der Waals surface area contributed by atoms with E-state index >= 15 is 0 Å². The molecule has 0 bridgehead atoms. The molecule has 0 radical (unpaired) electrons. The molecule has 7 nitrogen and oxygen atoms in total. The van der Waals surface area contributed by atoms with Crippen molar-refractivity contribution in [3.63, 3.8) is 0 Å². The number of aliphatic hydroxyl groups is 1. The fourth-order valence-electron chi connectivity index (χ4n) is 4.86. The summed E-state index contributed by atoms with van der Waals surface area (Å²) in [6, 6.07) is 9.02. The normalized spacial score (nSPS) is 27.1. The minimum atomic E-state index is -0.633. The fraction of sp³-hybridized carbons (Fsp3) is 0.542. The summed E-state index contributed by atoms with van der Waals surface area (Å²) in [5, 5.41) is 14.7. The van der Waals surface area contributed by atoms with Crippen LogP contribution in [0.25, 0.3) is 0 Å². The highest BCUT2D eigenvalue weighted by atomic mass is 16.3. The summed E-state index contributed by atoms with van der Waals surface area (Å²) < 4.78 is 0. The lowest BCUT2D eigenvalue weighted by molar-refractivity contribution is -0.140. The van der Waals surface area contributed by atoms with E-state index in [9.17, 15) is 14.4 Å². The Morgan fingerprint density at radius 2 is 1.81 bits per heavy atom. The molecule has 1 aromatic carbocycles. The zero-order valence-electron chi connectivity index (χ0n) is 18.3. The molecule has 1 aliphatic carbocycles. The molecule has 7 heteroatoms. The Hall–Kier alpha value is -2.67. The predicted molar refractivity (Wildman–Crippen MR) is 118 cm³/mol. The second kappa shape index (κ2) is 10.6. The third-order valence-corrected chi connectivity index (χ3v) is 6.46. The first-order chi connectivity index (χ1) is 15.0. The Balaban J connectivity index is 1.83. The van der Waals surface area contributed by atoms with Crippen LogP contribution in [0.5, 0.6) is 0 Å². The molecule has 3 amide bonds. The van der Waals surface area contributed by atoms with Crippen LogP contribution in [0.4, 0.5) is 0 Å². The van der Waals surface area contributed by atoms with Crippen LogP contribution in [0.2, 0.25) is 0 Å². The van der Waals surface area contributed by atoms with Crippen LogP contribution in [0.1, 0.15) is 31.7 Å². The number of amides is 3. The van der Waals surface area contributed by atoms with Gasteiger partial charge in [-0.15, -0.1) is 0 Å². The molecule has 0 saturated carbocycles. The van der Waals surface area contributed by atoms with Crippen LogP contribution < -0.4 is 10.6 Å². The molecule has 168 valence electrons. The van der Waals surface area contributed by atoms with Gasteiger partial charge in [-0.2, -0.15) is 0 Å². The van der Waals surface area contributed by atoms with Crippen LogP contribution >= 0.6 is 0 Å². The van der Waals surface area contributed by atoms with Crippen LogP contribution in [0.15, 0.2) is 42.5 Å². The molecule has 1 aliphatic heterocycles. The number of carbonyl (C=O) groups is 3. The van der Waals surface area contributed by atoms with Gasteiger partial charge >= 0.3 is 0 Å². The molecule has 31 heavy (non-hydrogen) atoms. The Kier molecular flexibility index (Phi) is 7.85. The van der Waals surface area contributed by atoms with Crippen molar-refractivity contribution in [3.05, 3.63) is 48.0 Å². The number of carbonyl (C=O) groups excluding carboxylic acids is 3. The van der Waals surface area contributed by atoms with Crippen molar-refractivity contribution in [3.8, 4) is 0 Å². The standard InChI is InChI=1S/C24H33N3O4/c1-16-11-12-18-20(19(16)22(29)25-2)24(31)27(13-7-4-8-14-28)21(18)23(30)26-15-17-9-5-3-6-10-17/h3,5-6,9-12,16,18-21,28H,4,7-8,13-15H2,1-2H3,(H,25,29)(H,26,30)/t16-,18+,19-,20-,21+/m1/s1. The number of benzene rings is 1. The lowest BCUT2D eigenvalue weighted by Crippen LogP contribution is -2.47. The smallest absolute Gasteiger partial charge is 0.243 e. The maximum absolute atomic E-state index is 13.5. The van der Waals surface area contributed by atoms with E-state index in [2.05, 4.69) is 10.6 Å². The molecule has 3 N–H and O–H groups in total. The van der Waals surface area contributed by atoms with E-state index in [4.69, 9.17) is 5.11 Å². The number of likely N-dealkylation sites (tertiary alicyclic amines) is 1.